The Kier molecular flexibility index (Phi) is 5.61. The summed E-state index contributed by atoms with van der Waals surface area (Å²) < 4.78 is 10.6. The molecule has 0 aliphatic carbocycles. The third-order valence-corrected chi connectivity index (χ3v) is 5.19. The van der Waals surface area contributed by atoms with Gasteiger partial charge in [0.1, 0.15) is 11.5 Å². The summed E-state index contributed by atoms with van der Waals surface area (Å²) in [6.45, 7) is 4.03. The molecule has 5 heteroatoms. The number of rotatable bonds is 4. The zero-order valence-corrected chi connectivity index (χ0v) is 14.8. The summed E-state index contributed by atoms with van der Waals surface area (Å²) in [6.07, 6.45) is 6.06. The van der Waals surface area contributed by atoms with Crippen molar-refractivity contribution in [2.24, 2.45) is 0 Å². The van der Waals surface area contributed by atoms with Crippen molar-refractivity contribution in [1.82, 2.24) is 9.80 Å². The monoisotopic (exact) mass is 332 g/mol. The van der Waals surface area contributed by atoms with Crippen LogP contribution < -0.4 is 9.47 Å². The first kappa shape index (κ1) is 17.1. The molecule has 2 heterocycles. The Morgan fingerprint density at radius 1 is 0.958 bits per heavy atom. The topological polar surface area (TPSA) is 42.0 Å². The highest BCUT2D eigenvalue weighted by Crippen LogP contribution is 2.25. The van der Waals surface area contributed by atoms with Crippen LogP contribution in [0.3, 0.4) is 0 Å². The third-order valence-electron chi connectivity index (χ3n) is 5.19. The SMILES string of the molecule is COc1cc(OC)cc(C(=O)N2CCCCC(N3CCCC3)C2)c1. The number of carbonyl (C=O) groups is 1. The zero-order valence-electron chi connectivity index (χ0n) is 14.8. The van der Waals surface area contributed by atoms with E-state index < -0.39 is 0 Å². The lowest BCUT2D eigenvalue weighted by atomic mass is 10.1. The van der Waals surface area contributed by atoms with E-state index in [2.05, 4.69) is 4.90 Å². The maximum Gasteiger partial charge on any atom is 0.254 e. The summed E-state index contributed by atoms with van der Waals surface area (Å²) in [4.78, 5) is 17.6. The summed E-state index contributed by atoms with van der Waals surface area (Å²) in [6, 6.07) is 5.92. The molecular formula is C19H28N2O3. The molecule has 24 heavy (non-hydrogen) atoms. The molecule has 5 nitrogen and oxygen atoms in total. The summed E-state index contributed by atoms with van der Waals surface area (Å²) in [5, 5.41) is 0. The van der Waals surface area contributed by atoms with Crippen molar-refractivity contribution in [3.63, 3.8) is 0 Å². The van der Waals surface area contributed by atoms with E-state index in [0.717, 1.165) is 19.5 Å². The van der Waals surface area contributed by atoms with Gasteiger partial charge in [0.15, 0.2) is 0 Å². The van der Waals surface area contributed by atoms with Crippen LogP contribution >= 0.6 is 0 Å². The second-order valence-corrected chi connectivity index (χ2v) is 6.75. The van der Waals surface area contributed by atoms with Gasteiger partial charge < -0.3 is 14.4 Å². The highest BCUT2D eigenvalue weighted by Gasteiger charge is 2.28. The van der Waals surface area contributed by atoms with E-state index in [9.17, 15) is 4.79 Å². The number of benzene rings is 1. The zero-order chi connectivity index (χ0) is 16.9. The van der Waals surface area contributed by atoms with E-state index in [0.29, 0.717) is 23.1 Å². The maximum atomic E-state index is 13.0. The molecule has 1 aromatic rings. The fourth-order valence-corrected chi connectivity index (χ4v) is 3.82. The van der Waals surface area contributed by atoms with E-state index in [4.69, 9.17) is 9.47 Å². The van der Waals surface area contributed by atoms with Gasteiger partial charge in [0.25, 0.3) is 5.91 Å². The number of hydrogen-bond acceptors (Lipinski definition) is 4. The number of nitrogens with zero attached hydrogens (tertiary/aromatic N) is 2. The molecule has 0 radical (unpaired) electrons. The average molecular weight is 332 g/mol. The predicted molar refractivity (Wildman–Crippen MR) is 93.9 cm³/mol. The van der Waals surface area contributed by atoms with Gasteiger partial charge in [0.05, 0.1) is 14.2 Å². The van der Waals surface area contributed by atoms with Gasteiger partial charge in [0, 0.05) is 30.8 Å². The van der Waals surface area contributed by atoms with E-state index in [1.165, 1.54) is 38.8 Å². The first-order valence-corrected chi connectivity index (χ1v) is 8.97. The van der Waals surface area contributed by atoms with Gasteiger partial charge in [-0.05, 0) is 50.9 Å². The summed E-state index contributed by atoms with van der Waals surface area (Å²) >= 11 is 0. The smallest absolute Gasteiger partial charge is 0.254 e. The lowest BCUT2D eigenvalue weighted by Gasteiger charge is -2.30. The van der Waals surface area contributed by atoms with Gasteiger partial charge in [-0.15, -0.1) is 0 Å². The van der Waals surface area contributed by atoms with Gasteiger partial charge in [-0.2, -0.15) is 0 Å². The number of ether oxygens (including phenoxy) is 2. The Hall–Kier alpha value is -1.75. The van der Waals surface area contributed by atoms with Crippen molar-refractivity contribution in [3.8, 4) is 11.5 Å². The minimum atomic E-state index is 0.0818. The molecule has 1 atom stereocenters. The lowest BCUT2D eigenvalue weighted by Crippen LogP contribution is -2.43. The van der Waals surface area contributed by atoms with Crippen LogP contribution in [0.1, 0.15) is 42.5 Å². The molecule has 0 aromatic heterocycles. The molecule has 2 saturated heterocycles. The quantitative estimate of drug-likeness (QED) is 0.850. The summed E-state index contributed by atoms with van der Waals surface area (Å²) in [7, 11) is 3.22. The maximum absolute atomic E-state index is 13.0. The van der Waals surface area contributed by atoms with Crippen LogP contribution in [0.15, 0.2) is 18.2 Å². The van der Waals surface area contributed by atoms with Crippen molar-refractivity contribution in [2.45, 2.75) is 38.1 Å². The number of likely N-dealkylation sites (tertiary alicyclic amines) is 2. The molecule has 0 saturated carbocycles. The van der Waals surface area contributed by atoms with Gasteiger partial charge >= 0.3 is 0 Å². The van der Waals surface area contributed by atoms with Crippen LogP contribution in [0.5, 0.6) is 11.5 Å². The molecule has 2 fully saturated rings. The van der Waals surface area contributed by atoms with Crippen LogP contribution in [0.4, 0.5) is 0 Å². The van der Waals surface area contributed by atoms with E-state index in [1.54, 1.807) is 32.4 Å². The predicted octanol–water partition coefficient (Wildman–Crippen LogP) is 2.79. The fraction of sp³-hybridized carbons (Fsp3) is 0.632. The molecule has 2 aliphatic rings. The molecule has 2 aliphatic heterocycles. The van der Waals surface area contributed by atoms with Crippen LogP contribution in [-0.4, -0.2) is 62.1 Å². The highest BCUT2D eigenvalue weighted by atomic mass is 16.5. The van der Waals surface area contributed by atoms with Gasteiger partial charge in [-0.3, -0.25) is 9.69 Å². The standard InChI is InChI=1S/C19H28N2O3/c1-23-17-11-15(12-18(13-17)24-2)19(22)21-10-4-3-7-16(14-21)20-8-5-6-9-20/h11-13,16H,3-10,14H2,1-2H3. The van der Waals surface area contributed by atoms with Crippen molar-refractivity contribution < 1.29 is 14.3 Å². The van der Waals surface area contributed by atoms with Crippen LogP contribution in [0, 0.1) is 0 Å². The van der Waals surface area contributed by atoms with Crippen molar-refractivity contribution in [2.75, 3.05) is 40.4 Å². The number of hydrogen-bond donors (Lipinski definition) is 0. The second-order valence-electron chi connectivity index (χ2n) is 6.75. The van der Waals surface area contributed by atoms with Crippen LogP contribution in [0.2, 0.25) is 0 Å². The minimum Gasteiger partial charge on any atom is -0.497 e. The lowest BCUT2D eigenvalue weighted by molar-refractivity contribution is 0.0713. The normalized spacial score (nSPS) is 22.2. The Morgan fingerprint density at radius 2 is 1.58 bits per heavy atom. The first-order valence-electron chi connectivity index (χ1n) is 8.97. The van der Waals surface area contributed by atoms with E-state index >= 15 is 0 Å². The molecule has 0 bridgehead atoms. The van der Waals surface area contributed by atoms with Crippen LogP contribution in [0.25, 0.3) is 0 Å². The Labute approximate surface area is 144 Å². The second kappa shape index (κ2) is 7.88. The molecule has 0 N–H and O–H groups in total. The Morgan fingerprint density at radius 3 is 2.21 bits per heavy atom. The van der Waals surface area contributed by atoms with Crippen molar-refractivity contribution >= 4 is 5.91 Å². The Balaban J connectivity index is 1.77. The number of amides is 1. The molecule has 3 rings (SSSR count). The third kappa shape index (κ3) is 3.83. The summed E-state index contributed by atoms with van der Waals surface area (Å²) in [5.41, 5.74) is 0.647. The first-order chi connectivity index (χ1) is 11.7. The molecule has 1 amide bonds. The molecular weight excluding hydrogens is 304 g/mol. The van der Waals surface area contributed by atoms with Crippen molar-refractivity contribution in [1.29, 1.82) is 0 Å². The van der Waals surface area contributed by atoms with Gasteiger partial charge in [-0.1, -0.05) is 6.42 Å². The number of carbonyl (C=O) groups excluding carboxylic acids is 1. The molecule has 1 unspecified atom stereocenters. The highest BCUT2D eigenvalue weighted by molar-refractivity contribution is 5.95. The minimum absolute atomic E-state index is 0.0818. The average Bonchev–Trinajstić information content (AvgIpc) is 3.05. The van der Waals surface area contributed by atoms with Gasteiger partial charge in [-0.25, -0.2) is 0 Å². The van der Waals surface area contributed by atoms with E-state index in [1.807, 2.05) is 4.90 Å². The number of methoxy groups -OCH3 is 2. The van der Waals surface area contributed by atoms with Crippen molar-refractivity contribution in [3.05, 3.63) is 23.8 Å². The largest absolute Gasteiger partial charge is 0.497 e. The molecule has 1 aromatic carbocycles. The molecule has 0 spiro atoms. The fourth-order valence-electron chi connectivity index (χ4n) is 3.82. The van der Waals surface area contributed by atoms with E-state index in [-0.39, 0.29) is 5.91 Å². The summed E-state index contributed by atoms with van der Waals surface area (Å²) in [5.74, 6) is 1.39. The Bertz CT molecular complexity index is 547. The molecule has 132 valence electrons. The van der Waals surface area contributed by atoms with Gasteiger partial charge in [0.2, 0.25) is 0 Å². The van der Waals surface area contributed by atoms with Crippen LogP contribution in [-0.2, 0) is 0 Å².